The lowest BCUT2D eigenvalue weighted by Gasteiger charge is -2.30. The number of amides is 2. The number of carbonyl (C=O) groups excluding carboxylic acids is 2. The van der Waals surface area contributed by atoms with Gasteiger partial charge < -0.3 is 4.90 Å². The van der Waals surface area contributed by atoms with Crippen LogP contribution in [0.15, 0.2) is 24.3 Å². The predicted octanol–water partition coefficient (Wildman–Crippen LogP) is 3.81. The summed E-state index contributed by atoms with van der Waals surface area (Å²) in [7, 11) is 0. The Bertz CT molecular complexity index is 1020. The van der Waals surface area contributed by atoms with Crippen LogP contribution in [0.3, 0.4) is 0 Å². The van der Waals surface area contributed by atoms with E-state index >= 15 is 0 Å². The highest BCUT2D eigenvalue weighted by Crippen LogP contribution is 2.32. The molecule has 32 heavy (non-hydrogen) atoms. The molecule has 0 bridgehead atoms. The number of anilines is 1. The molecule has 0 radical (unpaired) electrons. The fourth-order valence-electron chi connectivity index (χ4n) is 4.63. The maximum atomic E-state index is 14.1. The Balaban J connectivity index is 1.55. The third-order valence-corrected chi connectivity index (χ3v) is 6.41. The van der Waals surface area contributed by atoms with Gasteiger partial charge in [-0.1, -0.05) is 32.0 Å². The van der Waals surface area contributed by atoms with E-state index in [4.69, 9.17) is 9.97 Å². The lowest BCUT2D eigenvalue weighted by molar-refractivity contribution is -0.130. The fraction of sp³-hybridized carbons (Fsp3) is 0.520. The molecule has 1 saturated heterocycles. The Hall–Kier alpha value is -2.83. The minimum atomic E-state index is -0.256. The van der Waals surface area contributed by atoms with Crippen LogP contribution >= 0.6 is 0 Å². The molecule has 0 N–H and O–H groups in total. The lowest BCUT2D eigenvalue weighted by atomic mass is 10.0. The zero-order valence-electron chi connectivity index (χ0n) is 19.1. The van der Waals surface area contributed by atoms with Gasteiger partial charge in [0.1, 0.15) is 17.5 Å². The van der Waals surface area contributed by atoms with E-state index in [1.54, 1.807) is 23.1 Å². The number of nitrogens with zero attached hydrogens (tertiary/aromatic N) is 4. The highest BCUT2D eigenvalue weighted by Gasteiger charge is 2.33. The summed E-state index contributed by atoms with van der Waals surface area (Å²) in [5, 5.41) is 0. The number of aryl methyl sites for hydroxylation is 1. The van der Waals surface area contributed by atoms with Crippen LogP contribution in [-0.4, -0.2) is 46.3 Å². The number of hydrogen-bond donors (Lipinski definition) is 0. The number of carbonyl (C=O) groups is 2. The second kappa shape index (κ2) is 9.35. The first kappa shape index (κ1) is 22.4. The van der Waals surface area contributed by atoms with Gasteiger partial charge >= 0.3 is 0 Å². The molecule has 3 heterocycles. The first-order valence-electron chi connectivity index (χ1n) is 11.5. The van der Waals surface area contributed by atoms with E-state index < -0.39 is 0 Å². The summed E-state index contributed by atoms with van der Waals surface area (Å²) in [5.41, 5.74) is 2.47. The van der Waals surface area contributed by atoms with Crippen molar-refractivity contribution in [3.8, 4) is 0 Å². The average Bonchev–Trinajstić information content (AvgIpc) is 3.24. The van der Waals surface area contributed by atoms with E-state index in [9.17, 15) is 14.0 Å². The molecule has 1 atom stereocenters. The third kappa shape index (κ3) is 4.66. The molecule has 1 aromatic heterocycles. The molecule has 2 aromatic rings. The standard InChI is InChI=1S/C25H31FN4O2/c1-16(2)14-23(32)29-12-10-19(15-29)24-27-17(3)20-8-9-22(31)30(25(20)28-24)13-11-18-6-4-5-7-21(18)26/h4-7,16,19H,8-15H2,1-3H3/t19-/m0/s1. The Labute approximate surface area is 188 Å². The van der Waals surface area contributed by atoms with Crippen LogP contribution in [-0.2, 0) is 22.4 Å². The maximum Gasteiger partial charge on any atom is 0.228 e. The predicted molar refractivity (Wildman–Crippen MR) is 121 cm³/mol. The van der Waals surface area contributed by atoms with E-state index in [1.165, 1.54) is 6.07 Å². The summed E-state index contributed by atoms with van der Waals surface area (Å²) >= 11 is 0. The lowest BCUT2D eigenvalue weighted by Crippen LogP contribution is -2.38. The summed E-state index contributed by atoms with van der Waals surface area (Å²) in [6.07, 6.45) is 2.84. The zero-order valence-corrected chi connectivity index (χ0v) is 19.1. The van der Waals surface area contributed by atoms with Crippen LogP contribution in [0.2, 0.25) is 0 Å². The summed E-state index contributed by atoms with van der Waals surface area (Å²) in [4.78, 5) is 38.5. The van der Waals surface area contributed by atoms with Crippen molar-refractivity contribution in [1.82, 2.24) is 14.9 Å². The van der Waals surface area contributed by atoms with Crippen LogP contribution < -0.4 is 4.90 Å². The number of fused-ring (bicyclic) bond motifs is 1. The molecular formula is C25H31FN4O2. The molecule has 0 saturated carbocycles. The second-order valence-corrected chi connectivity index (χ2v) is 9.28. The smallest absolute Gasteiger partial charge is 0.228 e. The monoisotopic (exact) mass is 438 g/mol. The first-order chi connectivity index (χ1) is 15.3. The molecule has 1 fully saturated rings. The number of halogens is 1. The molecule has 0 spiro atoms. The largest absolute Gasteiger partial charge is 0.342 e. The minimum Gasteiger partial charge on any atom is -0.342 e. The quantitative estimate of drug-likeness (QED) is 0.688. The van der Waals surface area contributed by atoms with Gasteiger partial charge in [0, 0.05) is 49.7 Å². The highest BCUT2D eigenvalue weighted by atomic mass is 19.1. The van der Waals surface area contributed by atoms with Crippen molar-refractivity contribution < 1.29 is 14.0 Å². The molecule has 4 rings (SSSR count). The SMILES string of the molecule is Cc1nc([C@H]2CCN(C(=O)CC(C)C)C2)nc2c1CCC(=O)N2CCc1ccccc1F. The zero-order chi connectivity index (χ0) is 22.8. The van der Waals surface area contributed by atoms with E-state index in [1.807, 2.05) is 25.7 Å². The van der Waals surface area contributed by atoms with Crippen molar-refractivity contribution in [2.24, 2.45) is 5.92 Å². The van der Waals surface area contributed by atoms with Crippen molar-refractivity contribution in [3.05, 3.63) is 52.7 Å². The number of benzene rings is 1. The van der Waals surface area contributed by atoms with Crippen molar-refractivity contribution in [1.29, 1.82) is 0 Å². The Morgan fingerprint density at radius 1 is 1.22 bits per heavy atom. The van der Waals surface area contributed by atoms with Gasteiger partial charge in [-0.05, 0) is 43.7 Å². The fourth-order valence-corrected chi connectivity index (χ4v) is 4.63. The van der Waals surface area contributed by atoms with Crippen LogP contribution in [0.5, 0.6) is 0 Å². The van der Waals surface area contributed by atoms with Gasteiger partial charge in [0.2, 0.25) is 11.8 Å². The molecule has 1 aromatic carbocycles. The molecule has 170 valence electrons. The molecule has 2 amide bonds. The molecule has 0 aliphatic carbocycles. The van der Waals surface area contributed by atoms with E-state index in [0.717, 1.165) is 17.7 Å². The molecule has 2 aliphatic rings. The van der Waals surface area contributed by atoms with Crippen LogP contribution in [0.25, 0.3) is 0 Å². The number of likely N-dealkylation sites (tertiary alicyclic amines) is 1. The van der Waals surface area contributed by atoms with Crippen molar-refractivity contribution in [3.63, 3.8) is 0 Å². The third-order valence-electron chi connectivity index (χ3n) is 6.41. The van der Waals surface area contributed by atoms with Gasteiger partial charge in [-0.2, -0.15) is 0 Å². The molecule has 6 nitrogen and oxygen atoms in total. The van der Waals surface area contributed by atoms with Gasteiger partial charge in [0.15, 0.2) is 0 Å². The van der Waals surface area contributed by atoms with Gasteiger partial charge in [0.05, 0.1) is 0 Å². The van der Waals surface area contributed by atoms with Gasteiger partial charge in [0.25, 0.3) is 0 Å². The van der Waals surface area contributed by atoms with E-state index in [0.29, 0.717) is 68.4 Å². The van der Waals surface area contributed by atoms with Gasteiger partial charge in [-0.15, -0.1) is 0 Å². The first-order valence-corrected chi connectivity index (χ1v) is 11.5. The Morgan fingerprint density at radius 3 is 2.75 bits per heavy atom. The summed E-state index contributed by atoms with van der Waals surface area (Å²) in [6, 6.07) is 6.67. The topological polar surface area (TPSA) is 66.4 Å². The van der Waals surface area contributed by atoms with Crippen LogP contribution in [0.4, 0.5) is 10.2 Å². The Kier molecular flexibility index (Phi) is 6.53. The number of aromatic nitrogens is 2. The normalized spacial score (nSPS) is 18.4. The Morgan fingerprint density at radius 2 is 2.00 bits per heavy atom. The average molecular weight is 439 g/mol. The summed E-state index contributed by atoms with van der Waals surface area (Å²) in [5.74, 6) is 1.70. The van der Waals surface area contributed by atoms with Crippen molar-refractivity contribution >= 4 is 17.6 Å². The summed E-state index contributed by atoms with van der Waals surface area (Å²) < 4.78 is 14.1. The van der Waals surface area contributed by atoms with E-state index in [2.05, 4.69) is 0 Å². The maximum absolute atomic E-state index is 14.1. The molecule has 7 heteroatoms. The minimum absolute atomic E-state index is 0.0121. The van der Waals surface area contributed by atoms with Gasteiger partial charge in [-0.25, -0.2) is 14.4 Å². The second-order valence-electron chi connectivity index (χ2n) is 9.28. The number of rotatable bonds is 6. The molecule has 0 unspecified atom stereocenters. The van der Waals surface area contributed by atoms with Crippen molar-refractivity contribution in [2.45, 2.75) is 58.8 Å². The van der Waals surface area contributed by atoms with Gasteiger partial charge in [-0.3, -0.25) is 14.5 Å². The highest BCUT2D eigenvalue weighted by molar-refractivity contribution is 5.95. The van der Waals surface area contributed by atoms with E-state index in [-0.39, 0.29) is 23.5 Å². The van der Waals surface area contributed by atoms with Crippen LogP contribution in [0, 0.1) is 18.7 Å². The molecule has 2 aliphatic heterocycles. The molecular weight excluding hydrogens is 407 g/mol. The van der Waals surface area contributed by atoms with Crippen molar-refractivity contribution in [2.75, 3.05) is 24.5 Å². The number of hydrogen-bond acceptors (Lipinski definition) is 4. The van der Waals surface area contributed by atoms with Crippen LogP contribution in [0.1, 0.15) is 61.7 Å². The summed E-state index contributed by atoms with van der Waals surface area (Å²) in [6.45, 7) is 7.78.